The maximum Gasteiger partial charge on any atom is 0.119 e. The van der Waals surface area contributed by atoms with Crippen LogP contribution in [-0.4, -0.2) is 6.61 Å². The fourth-order valence-corrected chi connectivity index (χ4v) is 1.12. The summed E-state index contributed by atoms with van der Waals surface area (Å²) in [7, 11) is 0. The molecule has 0 aliphatic carbocycles. The van der Waals surface area contributed by atoms with E-state index in [1.54, 1.807) is 0 Å². The Morgan fingerprint density at radius 3 is 2.92 bits per heavy atom. The van der Waals surface area contributed by atoms with Gasteiger partial charge < -0.3 is 4.74 Å². The molecule has 1 heteroatoms. The van der Waals surface area contributed by atoms with Gasteiger partial charge in [-0.05, 0) is 31.0 Å². The summed E-state index contributed by atoms with van der Waals surface area (Å²) in [5.74, 6) is 0.956. The van der Waals surface area contributed by atoms with Crippen LogP contribution in [-0.2, 0) is 0 Å². The van der Waals surface area contributed by atoms with Gasteiger partial charge in [-0.2, -0.15) is 0 Å². The minimum Gasteiger partial charge on any atom is -0.494 e. The van der Waals surface area contributed by atoms with E-state index in [0.717, 1.165) is 18.8 Å². The monoisotopic (exact) mass is 176 g/mol. The zero-order valence-corrected chi connectivity index (χ0v) is 8.29. The van der Waals surface area contributed by atoms with Gasteiger partial charge in [0, 0.05) is 0 Å². The molecule has 1 aromatic carbocycles. The predicted octanol–water partition coefficient (Wildman–Crippen LogP) is 3.51. The summed E-state index contributed by atoms with van der Waals surface area (Å²) in [6.45, 7) is 4.91. The maximum atomic E-state index is 5.51. The average Bonchev–Trinajstić information content (AvgIpc) is 2.16. The fourth-order valence-electron chi connectivity index (χ4n) is 1.12. The van der Waals surface area contributed by atoms with E-state index in [4.69, 9.17) is 4.74 Å². The van der Waals surface area contributed by atoms with Gasteiger partial charge in [0.25, 0.3) is 0 Å². The van der Waals surface area contributed by atoms with E-state index in [-0.39, 0.29) is 0 Å². The van der Waals surface area contributed by atoms with Gasteiger partial charge in [0.2, 0.25) is 0 Å². The van der Waals surface area contributed by atoms with Gasteiger partial charge in [0.15, 0.2) is 0 Å². The third-order valence-electron chi connectivity index (χ3n) is 1.69. The molecular weight excluding hydrogens is 160 g/mol. The minimum atomic E-state index is 0.791. The number of hydrogen-bond acceptors (Lipinski definition) is 1. The molecule has 0 spiro atoms. The van der Waals surface area contributed by atoms with Crippen molar-refractivity contribution in [2.45, 2.75) is 20.3 Å². The molecule has 0 aliphatic rings. The van der Waals surface area contributed by atoms with E-state index in [2.05, 4.69) is 25.1 Å². The van der Waals surface area contributed by atoms with Crippen molar-refractivity contribution in [3.63, 3.8) is 0 Å². The number of hydrogen-bond donors (Lipinski definition) is 0. The maximum absolute atomic E-state index is 5.51. The van der Waals surface area contributed by atoms with Gasteiger partial charge >= 0.3 is 0 Å². The molecule has 0 fully saturated rings. The van der Waals surface area contributed by atoms with E-state index in [9.17, 15) is 0 Å². The van der Waals surface area contributed by atoms with Crippen LogP contribution in [0.4, 0.5) is 0 Å². The Kier molecular flexibility index (Phi) is 4.10. The van der Waals surface area contributed by atoms with Crippen LogP contribution in [0.2, 0.25) is 0 Å². The molecule has 0 heterocycles. The highest BCUT2D eigenvalue weighted by Crippen LogP contribution is 2.14. The van der Waals surface area contributed by atoms with Gasteiger partial charge in [-0.15, -0.1) is 0 Å². The van der Waals surface area contributed by atoms with Crippen molar-refractivity contribution in [3.05, 3.63) is 35.9 Å². The molecule has 13 heavy (non-hydrogen) atoms. The second kappa shape index (κ2) is 5.41. The van der Waals surface area contributed by atoms with Crippen molar-refractivity contribution in [1.82, 2.24) is 0 Å². The van der Waals surface area contributed by atoms with Gasteiger partial charge in [0.1, 0.15) is 5.75 Å². The van der Waals surface area contributed by atoms with Crippen LogP contribution in [0.5, 0.6) is 5.75 Å². The van der Waals surface area contributed by atoms with Crippen LogP contribution >= 0.6 is 0 Å². The number of allylic oxidation sites excluding steroid dienone is 1. The van der Waals surface area contributed by atoms with Crippen LogP contribution in [0.25, 0.3) is 6.08 Å². The first-order valence-corrected chi connectivity index (χ1v) is 4.72. The van der Waals surface area contributed by atoms with Crippen LogP contribution in [0.3, 0.4) is 0 Å². The Bertz CT molecular complexity index is 276. The minimum absolute atomic E-state index is 0.791. The molecule has 0 aromatic heterocycles. The first kappa shape index (κ1) is 9.85. The molecule has 1 nitrogen and oxygen atoms in total. The van der Waals surface area contributed by atoms with Gasteiger partial charge in [-0.1, -0.05) is 31.2 Å². The number of rotatable bonds is 4. The molecular formula is C12H16O. The van der Waals surface area contributed by atoms with E-state index in [0.29, 0.717) is 0 Å². The highest BCUT2D eigenvalue weighted by atomic mass is 16.5. The lowest BCUT2D eigenvalue weighted by molar-refractivity contribution is 0.317. The molecule has 0 bridgehead atoms. The molecule has 1 rings (SSSR count). The van der Waals surface area contributed by atoms with E-state index >= 15 is 0 Å². The van der Waals surface area contributed by atoms with Crippen molar-refractivity contribution in [2.24, 2.45) is 0 Å². The normalized spacial score (nSPS) is 10.6. The lowest BCUT2D eigenvalue weighted by Gasteiger charge is -2.04. The summed E-state index contributed by atoms with van der Waals surface area (Å²) in [5.41, 5.74) is 1.19. The molecule has 0 amide bonds. The Morgan fingerprint density at radius 1 is 1.38 bits per heavy atom. The van der Waals surface area contributed by atoms with Gasteiger partial charge in [-0.25, -0.2) is 0 Å². The van der Waals surface area contributed by atoms with Crippen molar-refractivity contribution >= 4 is 6.08 Å². The first-order valence-electron chi connectivity index (χ1n) is 4.72. The molecule has 70 valence electrons. The molecule has 1 aromatic rings. The second-order valence-corrected chi connectivity index (χ2v) is 2.92. The molecule has 0 saturated heterocycles. The topological polar surface area (TPSA) is 9.23 Å². The highest BCUT2D eigenvalue weighted by Gasteiger charge is 1.92. The molecule has 0 atom stereocenters. The number of ether oxygens (including phenoxy) is 1. The van der Waals surface area contributed by atoms with E-state index in [1.165, 1.54) is 5.56 Å². The fraction of sp³-hybridized carbons (Fsp3) is 0.333. The second-order valence-electron chi connectivity index (χ2n) is 2.92. The zero-order chi connectivity index (χ0) is 9.52. The van der Waals surface area contributed by atoms with Crippen molar-refractivity contribution in [2.75, 3.05) is 6.61 Å². The lowest BCUT2D eigenvalue weighted by Crippen LogP contribution is -1.94. The average molecular weight is 176 g/mol. The molecule has 0 N–H and O–H groups in total. The third kappa shape index (κ3) is 3.32. The Labute approximate surface area is 80.0 Å². The molecule has 0 saturated carbocycles. The van der Waals surface area contributed by atoms with Crippen molar-refractivity contribution < 1.29 is 4.74 Å². The summed E-state index contributed by atoms with van der Waals surface area (Å²) >= 11 is 0. The molecule has 0 aliphatic heterocycles. The van der Waals surface area contributed by atoms with Gasteiger partial charge in [0.05, 0.1) is 6.61 Å². The van der Waals surface area contributed by atoms with E-state index in [1.807, 2.05) is 25.1 Å². The standard InChI is InChI=1S/C12H16O/c1-3-6-11-7-5-8-12(10-11)13-9-4-2/h3,5-8,10H,4,9H2,1-2H3/b6-3+. The first-order chi connectivity index (χ1) is 6.36. The zero-order valence-electron chi connectivity index (χ0n) is 8.29. The Balaban J connectivity index is 2.67. The Morgan fingerprint density at radius 2 is 2.23 bits per heavy atom. The van der Waals surface area contributed by atoms with Crippen molar-refractivity contribution in [1.29, 1.82) is 0 Å². The van der Waals surface area contributed by atoms with E-state index < -0.39 is 0 Å². The summed E-state index contributed by atoms with van der Waals surface area (Å²) in [4.78, 5) is 0. The largest absolute Gasteiger partial charge is 0.494 e. The Hall–Kier alpha value is -1.24. The predicted molar refractivity (Wildman–Crippen MR) is 56.9 cm³/mol. The summed E-state index contributed by atoms with van der Waals surface area (Å²) in [5, 5.41) is 0. The van der Waals surface area contributed by atoms with Crippen LogP contribution in [0.1, 0.15) is 25.8 Å². The van der Waals surface area contributed by atoms with Crippen LogP contribution in [0, 0.1) is 0 Å². The summed E-state index contributed by atoms with van der Waals surface area (Å²) in [6.07, 6.45) is 5.14. The third-order valence-corrected chi connectivity index (χ3v) is 1.69. The summed E-state index contributed by atoms with van der Waals surface area (Å²) < 4.78 is 5.51. The quantitative estimate of drug-likeness (QED) is 0.682. The smallest absolute Gasteiger partial charge is 0.119 e. The number of benzene rings is 1. The molecule has 0 radical (unpaired) electrons. The SMILES string of the molecule is C/C=C/c1cccc(OCCC)c1. The van der Waals surface area contributed by atoms with Crippen LogP contribution < -0.4 is 4.74 Å². The van der Waals surface area contributed by atoms with Gasteiger partial charge in [-0.3, -0.25) is 0 Å². The lowest BCUT2D eigenvalue weighted by atomic mass is 10.2. The van der Waals surface area contributed by atoms with Crippen molar-refractivity contribution in [3.8, 4) is 5.75 Å². The molecule has 0 unspecified atom stereocenters. The highest BCUT2D eigenvalue weighted by molar-refractivity contribution is 5.51. The summed E-state index contributed by atoms with van der Waals surface area (Å²) in [6, 6.07) is 8.12. The van der Waals surface area contributed by atoms with Crippen LogP contribution in [0.15, 0.2) is 30.3 Å².